The molecule has 0 radical (unpaired) electrons. The summed E-state index contributed by atoms with van der Waals surface area (Å²) in [7, 11) is 0. The summed E-state index contributed by atoms with van der Waals surface area (Å²) in [5.41, 5.74) is -0.262. The summed E-state index contributed by atoms with van der Waals surface area (Å²) < 4.78 is 23.7. The molecular formula is C6H6F2N2O. The van der Waals surface area contributed by atoms with Crippen molar-refractivity contribution < 1.29 is 13.9 Å². The van der Waals surface area contributed by atoms with Crippen molar-refractivity contribution in [3.63, 3.8) is 0 Å². The van der Waals surface area contributed by atoms with Crippen LogP contribution < -0.4 is 0 Å². The number of rotatable bonds is 1. The van der Waals surface area contributed by atoms with Gasteiger partial charge < -0.3 is 5.11 Å². The topological polar surface area (TPSA) is 46.0 Å². The molecule has 0 aliphatic carbocycles. The van der Waals surface area contributed by atoms with Gasteiger partial charge in [-0.15, -0.1) is 0 Å². The van der Waals surface area contributed by atoms with Gasteiger partial charge in [-0.2, -0.15) is 0 Å². The van der Waals surface area contributed by atoms with Gasteiger partial charge in [-0.3, -0.25) is 4.98 Å². The second-order valence-corrected chi connectivity index (χ2v) is 2.00. The Balaban J connectivity index is 3.05. The summed E-state index contributed by atoms with van der Waals surface area (Å²) >= 11 is 0. The third kappa shape index (κ3) is 1.60. The number of aromatic nitrogens is 2. The van der Waals surface area contributed by atoms with E-state index < -0.39 is 18.0 Å². The van der Waals surface area contributed by atoms with E-state index in [1.165, 1.54) is 6.92 Å². The highest BCUT2D eigenvalue weighted by atomic mass is 19.3. The van der Waals surface area contributed by atoms with E-state index >= 15 is 0 Å². The molecule has 0 unspecified atom stereocenters. The molecular weight excluding hydrogens is 154 g/mol. The summed E-state index contributed by atoms with van der Waals surface area (Å²) in [5, 5.41) is 8.84. The molecule has 0 fully saturated rings. The van der Waals surface area contributed by atoms with Gasteiger partial charge in [0.2, 0.25) is 5.88 Å². The Hall–Kier alpha value is -1.26. The minimum Gasteiger partial charge on any atom is -0.492 e. The molecule has 5 heteroatoms. The molecule has 11 heavy (non-hydrogen) atoms. The maximum absolute atomic E-state index is 11.9. The van der Waals surface area contributed by atoms with Gasteiger partial charge in [0.15, 0.2) is 0 Å². The van der Waals surface area contributed by atoms with Crippen molar-refractivity contribution in [3.05, 3.63) is 17.6 Å². The SMILES string of the molecule is Cc1ncc(C(F)F)nc1O. The number of halogens is 2. The van der Waals surface area contributed by atoms with E-state index in [0.29, 0.717) is 0 Å². The van der Waals surface area contributed by atoms with Crippen molar-refractivity contribution in [2.45, 2.75) is 13.3 Å². The van der Waals surface area contributed by atoms with Crippen LogP contribution in [0, 0.1) is 6.92 Å². The Morgan fingerprint density at radius 3 is 2.64 bits per heavy atom. The average molecular weight is 160 g/mol. The fourth-order valence-corrected chi connectivity index (χ4v) is 0.558. The first-order valence-corrected chi connectivity index (χ1v) is 2.92. The van der Waals surface area contributed by atoms with Crippen LogP contribution in [-0.4, -0.2) is 15.1 Å². The van der Waals surface area contributed by atoms with Crippen molar-refractivity contribution in [2.24, 2.45) is 0 Å². The predicted molar refractivity (Wildman–Crippen MR) is 33.4 cm³/mol. The number of nitrogens with zero attached hydrogens (tertiary/aromatic N) is 2. The lowest BCUT2D eigenvalue weighted by atomic mass is 10.4. The second-order valence-electron chi connectivity index (χ2n) is 2.00. The lowest BCUT2D eigenvalue weighted by molar-refractivity contribution is 0.144. The zero-order valence-corrected chi connectivity index (χ0v) is 5.75. The minimum absolute atomic E-state index is 0.245. The van der Waals surface area contributed by atoms with E-state index in [9.17, 15) is 8.78 Å². The monoisotopic (exact) mass is 160 g/mol. The number of alkyl halides is 2. The molecule has 1 rings (SSSR count). The van der Waals surface area contributed by atoms with Crippen LogP contribution in [0.1, 0.15) is 17.8 Å². The molecule has 0 aliphatic rings. The molecule has 0 atom stereocenters. The molecule has 1 N–H and O–H groups in total. The third-order valence-corrected chi connectivity index (χ3v) is 1.17. The van der Waals surface area contributed by atoms with Gasteiger partial charge in [-0.05, 0) is 6.92 Å². The summed E-state index contributed by atoms with van der Waals surface area (Å²) in [6, 6.07) is 0. The standard InChI is InChI=1S/C6H6F2N2O/c1-3-6(11)10-4(2-9-3)5(7)8/h2,5H,1H3,(H,10,11). The van der Waals surface area contributed by atoms with E-state index in [0.717, 1.165) is 6.20 Å². The zero-order chi connectivity index (χ0) is 8.43. The molecule has 0 aliphatic heterocycles. The van der Waals surface area contributed by atoms with Gasteiger partial charge in [0.05, 0.1) is 11.9 Å². The molecule has 0 saturated heterocycles. The van der Waals surface area contributed by atoms with Crippen molar-refractivity contribution in [1.29, 1.82) is 0 Å². The van der Waals surface area contributed by atoms with Gasteiger partial charge in [-0.1, -0.05) is 0 Å². The number of aromatic hydroxyl groups is 1. The maximum Gasteiger partial charge on any atom is 0.282 e. The maximum atomic E-state index is 11.9. The Morgan fingerprint density at radius 2 is 2.18 bits per heavy atom. The molecule has 1 heterocycles. The normalized spacial score (nSPS) is 10.5. The fourth-order valence-electron chi connectivity index (χ4n) is 0.558. The third-order valence-electron chi connectivity index (χ3n) is 1.17. The second kappa shape index (κ2) is 2.77. The molecule has 60 valence electrons. The number of hydrogen-bond donors (Lipinski definition) is 1. The summed E-state index contributed by atoms with van der Waals surface area (Å²) in [5.74, 6) is -0.442. The van der Waals surface area contributed by atoms with Crippen molar-refractivity contribution >= 4 is 0 Å². The van der Waals surface area contributed by atoms with Crippen LogP contribution in [0.25, 0.3) is 0 Å². The lowest BCUT2D eigenvalue weighted by Crippen LogP contribution is -1.93. The van der Waals surface area contributed by atoms with Gasteiger partial charge >= 0.3 is 0 Å². The number of aryl methyl sites for hydroxylation is 1. The van der Waals surface area contributed by atoms with Crippen LogP contribution in [-0.2, 0) is 0 Å². The van der Waals surface area contributed by atoms with E-state index in [-0.39, 0.29) is 5.69 Å². The highest BCUT2D eigenvalue weighted by Gasteiger charge is 2.10. The smallest absolute Gasteiger partial charge is 0.282 e. The van der Waals surface area contributed by atoms with Crippen LogP contribution in [0.2, 0.25) is 0 Å². The molecule has 0 aromatic carbocycles. The molecule has 3 nitrogen and oxygen atoms in total. The first-order valence-electron chi connectivity index (χ1n) is 2.92. The Labute approximate surface area is 61.7 Å². The fraction of sp³-hybridized carbons (Fsp3) is 0.333. The molecule has 0 bridgehead atoms. The van der Waals surface area contributed by atoms with Crippen LogP contribution >= 0.6 is 0 Å². The van der Waals surface area contributed by atoms with E-state index in [1.807, 2.05) is 0 Å². The quantitative estimate of drug-likeness (QED) is 0.675. The summed E-state index contributed by atoms with van der Waals surface area (Å²) in [6.45, 7) is 1.48. The molecule has 0 spiro atoms. The first kappa shape index (κ1) is 7.84. The van der Waals surface area contributed by atoms with Crippen LogP contribution in [0.5, 0.6) is 5.88 Å². The predicted octanol–water partition coefficient (Wildman–Crippen LogP) is 1.43. The lowest BCUT2D eigenvalue weighted by Gasteiger charge is -1.99. The van der Waals surface area contributed by atoms with E-state index in [1.54, 1.807) is 0 Å². The van der Waals surface area contributed by atoms with Crippen LogP contribution in [0.15, 0.2) is 6.20 Å². The van der Waals surface area contributed by atoms with Crippen LogP contribution in [0.3, 0.4) is 0 Å². The summed E-state index contributed by atoms with van der Waals surface area (Å²) in [4.78, 5) is 6.72. The average Bonchev–Trinajstić information content (AvgIpc) is 1.94. The molecule has 1 aromatic heterocycles. The van der Waals surface area contributed by atoms with Crippen molar-refractivity contribution in [1.82, 2.24) is 9.97 Å². The molecule has 0 saturated carbocycles. The largest absolute Gasteiger partial charge is 0.492 e. The highest BCUT2D eigenvalue weighted by Crippen LogP contribution is 2.18. The highest BCUT2D eigenvalue weighted by molar-refractivity contribution is 5.16. The van der Waals surface area contributed by atoms with Crippen molar-refractivity contribution in [2.75, 3.05) is 0 Å². The van der Waals surface area contributed by atoms with Gasteiger partial charge in [0.1, 0.15) is 5.69 Å². The Morgan fingerprint density at radius 1 is 1.55 bits per heavy atom. The van der Waals surface area contributed by atoms with E-state index in [2.05, 4.69) is 9.97 Å². The molecule has 1 aromatic rings. The Bertz CT molecular complexity index is 265. The zero-order valence-electron chi connectivity index (χ0n) is 5.75. The van der Waals surface area contributed by atoms with Gasteiger partial charge in [0.25, 0.3) is 6.43 Å². The Kier molecular flexibility index (Phi) is 1.98. The van der Waals surface area contributed by atoms with Crippen LogP contribution in [0.4, 0.5) is 8.78 Å². The van der Waals surface area contributed by atoms with Gasteiger partial charge in [-0.25, -0.2) is 13.8 Å². The first-order chi connectivity index (χ1) is 5.11. The van der Waals surface area contributed by atoms with E-state index in [4.69, 9.17) is 5.11 Å². The van der Waals surface area contributed by atoms with Gasteiger partial charge in [0, 0.05) is 0 Å². The minimum atomic E-state index is -2.69. The summed E-state index contributed by atoms with van der Waals surface area (Å²) in [6.07, 6.45) is -1.74. The number of hydrogen-bond acceptors (Lipinski definition) is 3. The molecule has 0 amide bonds. The van der Waals surface area contributed by atoms with Crippen molar-refractivity contribution in [3.8, 4) is 5.88 Å².